The molecular weight excluding hydrogens is 350 g/mol. The maximum Gasteiger partial charge on any atom is 0.163 e. The Bertz CT molecular complexity index is 970. The number of fused-ring (bicyclic) bond motifs is 1. The predicted octanol–water partition coefficient (Wildman–Crippen LogP) is 5.13. The van der Waals surface area contributed by atoms with Crippen LogP contribution in [0.15, 0.2) is 71.5 Å². The van der Waals surface area contributed by atoms with Crippen molar-refractivity contribution in [3.8, 4) is 22.4 Å². The summed E-state index contributed by atoms with van der Waals surface area (Å²) in [4.78, 5) is 4.53. The van der Waals surface area contributed by atoms with Crippen molar-refractivity contribution in [1.29, 1.82) is 0 Å². The number of aryl methyl sites for hydroxylation is 1. The molecular formula is C19H14BrN3. The highest BCUT2D eigenvalue weighted by Crippen LogP contribution is 2.28. The average Bonchev–Trinajstić information content (AvgIpc) is 3.00. The molecule has 0 atom stereocenters. The molecule has 0 radical (unpaired) electrons. The number of halogens is 1. The zero-order valence-corrected chi connectivity index (χ0v) is 14.2. The van der Waals surface area contributed by atoms with E-state index in [0.29, 0.717) is 0 Å². The highest BCUT2D eigenvalue weighted by Gasteiger charge is 2.11. The fourth-order valence-electron chi connectivity index (χ4n) is 2.67. The number of benzene rings is 2. The average molecular weight is 364 g/mol. The summed E-state index contributed by atoms with van der Waals surface area (Å²) in [5, 5.41) is 4.56. The third-order valence-corrected chi connectivity index (χ3v) is 4.43. The lowest BCUT2D eigenvalue weighted by Gasteiger charge is -2.06. The van der Waals surface area contributed by atoms with Crippen molar-refractivity contribution in [2.24, 2.45) is 0 Å². The van der Waals surface area contributed by atoms with Gasteiger partial charge in [0.25, 0.3) is 0 Å². The monoisotopic (exact) mass is 363 g/mol. The Morgan fingerprint density at radius 1 is 0.870 bits per heavy atom. The number of rotatable bonds is 2. The lowest BCUT2D eigenvalue weighted by Crippen LogP contribution is -1.95. The van der Waals surface area contributed by atoms with Crippen molar-refractivity contribution < 1.29 is 0 Å². The van der Waals surface area contributed by atoms with Crippen molar-refractivity contribution in [2.45, 2.75) is 6.92 Å². The van der Waals surface area contributed by atoms with Crippen LogP contribution in [0.1, 0.15) is 5.56 Å². The van der Waals surface area contributed by atoms with Gasteiger partial charge in [-0.05, 0) is 30.7 Å². The maximum absolute atomic E-state index is 4.56. The van der Waals surface area contributed by atoms with Crippen molar-refractivity contribution in [2.75, 3.05) is 0 Å². The Hall–Kier alpha value is -2.46. The first-order chi connectivity index (χ1) is 11.2. The molecule has 3 nitrogen and oxygen atoms in total. The van der Waals surface area contributed by atoms with E-state index in [-0.39, 0.29) is 0 Å². The second-order valence-corrected chi connectivity index (χ2v) is 6.41. The Balaban J connectivity index is 1.89. The molecule has 0 spiro atoms. The van der Waals surface area contributed by atoms with Crippen LogP contribution in [0.4, 0.5) is 0 Å². The molecule has 2 aromatic heterocycles. The minimum absolute atomic E-state index is 0.866. The number of aromatic nitrogens is 3. The van der Waals surface area contributed by atoms with Crippen molar-refractivity contribution in [1.82, 2.24) is 14.6 Å². The van der Waals surface area contributed by atoms with Gasteiger partial charge < -0.3 is 0 Å². The molecule has 4 rings (SSSR count). The summed E-state index contributed by atoms with van der Waals surface area (Å²) in [6, 6.07) is 18.7. The molecule has 112 valence electrons. The summed E-state index contributed by atoms with van der Waals surface area (Å²) in [6.07, 6.45) is 3.72. The van der Waals surface area contributed by atoms with Gasteiger partial charge in [0, 0.05) is 21.8 Å². The third-order valence-electron chi connectivity index (χ3n) is 3.90. The maximum atomic E-state index is 4.56. The second-order valence-electron chi connectivity index (χ2n) is 5.50. The third kappa shape index (κ3) is 2.55. The first-order valence-corrected chi connectivity index (χ1v) is 8.17. The zero-order valence-electron chi connectivity index (χ0n) is 12.6. The highest BCUT2D eigenvalue weighted by atomic mass is 79.9. The van der Waals surface area contributed by atoms with Crippen LogP contribution >= 0.6 is 15.9 Å². The van der Waals surface area contributed by atoms with Gasteiger partial charge in [-0.25, -0.2) is 9.50 Å². The lowest BCUT2D eigenvalue weighted by molar-refractivity contribution is 0.948. The van der Waals surface area contributed by atoms with Crippen LogP contribution in [0, 0.1) is 6.92 Å². The molecule has 23 heavy (non-hydrogen) atoms. The summed E-state index contributed by atoms with van der Waals surface area (Å²) in [7, 11) is 0. The smallest absolute Gasteiger partial charge is 0.163 e. The van der Waals surface area contributed by atoms with Gasteiger partial charge in [-0.1, -0.05) is 57.9 Å². The molecule has 0 amide bonds. The van der Waals surface area contributed by atoms with Crippen molar-refractivity contribution >= 4 is 21.6 Å². The van der Waals surface area contributed by atoms with Crippen LogP contribution in [-0.4, -0.2) is 14.6 Å². The molecule has 0 aliphatic carbocycles. The van der Waals surface area contributed by atoms with Crippen LogP contribution in [0.2, 0.25) is 0 Å². The van der Waals surface area contributed by atoms with E-state index in [9.17, 15) is 0 Å². The van der Waals surface area contributed by atoms with Gasteiger partial charge in [-0.15, -0.1) is 0 Å². The summed E-state index contributed by atoms with van der Waals surface area (Å²) >= 11 is 3.47. The molecule has 2 heterocycles. The fourth-order valence-corrected chi connectivity index (χ4v) is 2.93. The summed E-state index contributed by atoms with van der Waals surface area (Å²) in [5.74, 6) is 0. The second kappa shape index (κ2) is 5.63. The molecule has 0 saturated carbocycles. The van der Waals surface area contributed by atoms with E-state index in [1.165, 1.54) is 5.56 Å². The molecule has 4 heteroatoms. The fraction of sp³-hybridized carbons (Fsp3) is 0.0526. The van der Waals surface area contributed by atoms with Gasteiger partial charge in [-0.2, -0.15) is 5.10 Å². The van der Waals surface area contributed by atoms with E-state index in [1.54, 1.807) is 0 Å². The standard InChI is InChI=1S/C19H14BrN3/c1-13-2-4-15(5-3-13)18-10-11-21-19-17(12-22-23(18)19)14-6-8-16(20)9-7-14/h2-12H,1H3. The van der Waals surface area contributed by atoms with Crippen LogP contribution in [0.5, 0.6) is 0 Å². The van der Waals surface area contributed by atoms with Crippen molar-refractivity contribution in [3.63, 3.8) is 0 Å². The summed E-state index contributed by atoms with van der Waals surface area (Å²) in [6.45, 7) is 2.09. The normalized spacial score (nSPS) is 11.0. The molecule has 0 unspecified atom stereocenters. The van der Waals surface area contributed by atoms with Crippen LogP contribution in [0.25, 0.3) is 28.0 Å². The van der Waals surface area contributed by atoms with Crippen LogP contribution in [-0.2, 0) is 0 Å². The van der Waals surface area contributed by atoms with Gasteiger partial charge in [0.15, 0.2) is 5.65 Å². The van der Waals surface area contributed by atoms with E-state index in [4.69, 9.17) is 0 Å². The SMILES string of the molecule is Cc1ccc(-c2ccnc3c(-c4ccc(Br)cc4)cnn23)cc1. The van der Waals surface area contributed by atoms with Crippen LogP contribution in [0.3, 0.4) is 0 Å². The first-order valence-electron chi connectivity index (χ1n) is 7.38. The molecule has 0 fully saturated rings. The van der Waals surface area contributed by atoms with Gasteiger partial charge >= 0.3 is 0 Å². The van der Waals surface area contributed by atoms with E-state index in [1.807, 2.05) is 35.1 Å². The number of hydrogen-bond donors (Lipinski definition) is 0. The van der Waals surface area contributed by atoms with Gasteiger partial charge in [0.2, 0.25) is 0 Å². The molecule has 2 aromatic carbocycles. The summed E-state index contributed by atoms with van der Waals surface area (Å²) < 4.78 is 2.97. The topological polar surface area (TPSA) is 30.2 Å². The van der Waals surface area contributed by atoms with Gasteiger partial charge in [0.1, 0.15) is 0 Å². The Morgan fingerprint density at radius 3 is 2.30 bits per heavy atom. The van der Waals surface area contributed by atoms with Crippen molar-refractivity contribution in [3.05, 3.63) is 77.0 Å². The molecule has 0 N–H and O–H groups in total. The van der Waals surface area contributed by atoms with E-state index >= 15 is 0 Å². The highest BCUT2D eigenvalue weighted by molar-refractivity contribution is 9.10. The lowest BCUT2D eigenvalue weighted by atomic mass is 10.1. The van der Waals surface area contributed by atoms with E-state index in [0.717, 1.165) is 32.5 Å². The minimum atomic E-state index is 0.866. The molecule has 0 bridgehead atoms. The van der Waals surface area contributed by atoms with Crippen LogP contribution < -0.4 is 0 Å². The Kier molecular flexibility index (Phi) is 3.46. The van der Waals surface area contributed by atoms with E-state index in [2.05, 4.69) is 69.3 Å². The quantitative estimate of drug-likeness (QED) is 0.493. The molecule has 0 aliphatic heterocycles. The van der Waals surface area contributed by atoms with E-state index < -0.39 is 0 Å². The Morgan fingerprint density at radius 2 is 1.57 bits per heavy atom. The number of nitrogens with zero attached hydrogens (tertiary/aromatic N) is 3. The summed E-state index contributed by atoms with van der Waals surface area (Å²) in [5.41, 5.74) is 6.43. The number of hydrogen-bond acceptors (Lipinski definition) is 2. The minimum Gasteiger partial charge on any atom is -0.236 e. The first kappa shape index (κ1) is 14.2. The Labute approximate surface area is 142 Å². The largest absolute Gasteiger partial charge is 0.236 e. The zero-order chi connectivity index (χ0) is 15.8. The molecule has 0 saturated heterocycles. The molecule has 4 aromatic rings. The molecule has 0 aliphatic rings. The van der Waals surface area contributed by atoms with Gasteiger partial charge in [0.05, 0.1) is 11.9 Å². The van der Waals surface area contributed by atoms with Gasteiger partial charge in [-0.3, -0.25) is 0 Å². The predicted molar refractivity (Wildman–Crippen MR) is 96.3 cm³/mol.